The minimum atomic E-state index is -0.616. The lowest BCUT2D eigenvalue weighted by atomic mass is 9.98. The minimum absolute atomic E-state index is 0.121. The molecule has 0 spiro atoms. The van der Waals surface area contributed by atoms with Crippen molar-refractivity contribution < 1.29 is 9.90 Å². The fourth-order valence-corrected chi connectivity index (χ4v) is 3.99. The number of carboxylic acids is 1. The Kier molecular flexibility index (Phi) is 15.7. The van der Waals surface area contributed by atoms with Gasteiger partial charge in [-0.3, -0.25) is 4.79 Å². The summed E-state index contributed by atoms with van der Waals surface area (Å²) in [6.07, 6.45) is 21.6. The van der Waals surface area contributed by atoms with Crippen molar-refractivity contribution in [3.8, 4) is 0 Å². The van der Waals surface area contributed by atoms with Gasteiger partial charge < -0.3 is 5.11 Å². The van der Waals surface area contributed by atoms with Gasteiger partial charge in [-0.05, 0) is 31.2 Å². The highest BCUT2D eigenvalue weighted by molar-refractivity contribution is 5.69. The zero-order valence-corrected chi connectivity index (χ0v) is 18.3. The van der Waals surface area contributed by atoms with E-state index in [4.69, 9.17) is 5.11 Å². The number of benzene rings is 1. The van der Waals surface area contributed by atoms with Crippen molar-refractivity contribution >= 4 is 5.97 Å². The molecule has 0 aromatic heterocycles. The molecular formula is C26H44O2. The second-order valence-electron chi connectivity index (χ2n) is 8.42. The van der Waals surface area contributed by atoms with E-state index in [1.807, 2.05) is 6.92 Å². The van der Waals surface area contributed by atoms with Crippen LogP contribution >= 0.6 is 0 Å². The third kappa shape index (κ3) is 13.8. The lowest BCUT2D eigenvalue weighted by Crippen LogP contribution is -2.12. The zero-order chi connectivity index (χ0) is 20.3. The van der Waals surface area contributed by atoms with Gasteiger partial charge >= 0.3 is 5.97 Å². The molecule has 0 radical (unpaired) electrons. The van der Waals surface area contributed by atoms with E-state index in [1.54, 1.807) is 0 Å². The summed E-state index contributed by atoms with van der Waals surface area (Å²) in [5.74, 6) is -0.737. The van der Waals surface area contributed by atoms with Gasteiger partial charge in [0.05, 0.1) is 5.92 Å². The van der Waals surface area contributed by atoms with Crippen molar-refractivity contribution in [2.75, 3.05) is 0 Å². The number of carbonyl (C=O) groups is 1. The summed E-state index contributed by atoms with van der Waals surface area (Å²) < 4.78 is 0. The summed E-state index contributed by atoms with van der Waals surface area (Å²) >= 11 is 0. The Balaban J connectivity index is 1.74. The predicted octanol–water partition coefficient (Wildman–Crippen LogP) is 8.19. The van der Waals surface area contributed by atoms with Crippen LogP contribution in [0.2, 0.25) is 0 Å². The van der Waals surface area contributed by atoms with Gasteiger partial charge in [-0.2, -0.15) is 0 Å². The molecule has 1 aromatic rings. The number of aryl methyl sites for hydroxylation is 1. The van der Waals surface area contributed by atoms with Gasteiger partial charge in [-0.1, -0.05) is 121 Å². The van der Waals surface area contributed by atoms with Gasteiger partial charge in [0.15, 0.2) is 0 Å². The van der Waals surface area contributed by atoms with Gasteiger partial charge in [0.25, 0.3) is 0 Å². The van der Waals surface area contributed by atoms with Crippen LogP contribution in [0.3, 0.4) is 0 Å². The molecule has 0 heterocycles. The van der Waals surface area contributed by atoms with E-state index in [1.165, 1.54) is 95.5 Å². The fraction of sp³-hybridized carbons (Fsp3) is 0.731. The SMILES string of the molecule is CCC(CCCCCCCCCCCCCCCCc1ccccc1)C(=O)O. The summed E-state index contributed by atoms with van der Waals surface area (Å²) in [6, 6.07) is 10.8. The van der Waals surface area contributed by atoms with Gasteiger partial charge in [-0.15, -0.1) is 0 Å². The molecule has 0 saturated heterocycles. The average molecular weight is 389 g/mol. The monoisotopic (exact) mass is 388 g/mol. The van der Waals surface area contributed by atoms with Crippen LogP contribution in [0.25, 0.3) is 0 Å². The Morgan fingerprint density at radius 2 is 1.14 bits per heavy atom. The maximum atomic E-state index is 11.0. The zero-order valence-electron chi connectivity index (χ0n) is 18.3. The number of rotatable bonds is 19. The maximum Gasteiger partial charge on any atom is 0.306 e. The smallest absolute Gasteiger partial charge is 0.306 e. The van der Waals surface area contributed by atoms with Gasteiger partial charge in [0.1, 0.15) is 0 Å². The first-order valence-electron chi connectivity index (χ1n) is 12.0. The molecule has 2 nitrogen and oxygen atoms in total. The van der Waals surface area contributed by atoms with Crippen LogP contribution in [0.4, 0.5) is 0 Å². The first-order valence-corrected chi connectivity index (χ1v) is 12.0. The highest BCUT2D eigenvalue weighted by Crippen LogP contribution is 2.17. The fourth-order valence-electron chi connectivity index (χ4n) is 3.99. The highest BCUT2D eigenvalue weighted by atomic mass is 16.4. The molecular weight excluding hydrogens is 344 g/mol. The van der Waals surface area contributed by atoms with E-state index in [2.05, 4.69) is 30.3 Å². The summed E-state index contributed by atoms with van der Waals surface area (Å²) in [7, 11) is 0. The maximum absolute atomic E-state index is 11.0. The van der Waals surface area contributed by atoms with E-state index in [9.17, 15) is 4.79 Å². The Morgan fingerprint density at radius 1 is 0.714 bits per heavy atom. The Bertz CT molecular complexity index is 469. The number of unbranched alkanes of at least 4 members (excludes halogenated alkanes) is 13. The molecule has 1 aromatic carbocycles. The first-order chi connectivity index (χ1) is 13.7. The number of carboxylic acid groups (broad SMARTS) is 1. The molecule has 0 aliphatic rings. The van der Waals surface area contributed by atoms with E-state index in [-0.39, 0.29) is 5.92 Å². The Hall–Kier alpha value is -1.31. The normalized spacial score (nSPS) is 12.2. The van der Waals surface area contributed by atoms with Gasteiger partial charge in [0.2, 0.25) is 0 Å². The van der Waals surface area contributed by atoms with Crippen LogP contribution in [-0.2, 0) is 11.2 Å². The molecule has 0 bridgehead atoms. The van der Waals surface area contributed by atoms with Crippen LogP contribution < -0.4 is 0 Å². The average Bonchev–Trinajstić information content (AvgIpc) is 2.71. The number of aliphatic carboxylic acids is 1. The molecule has 0 aliphatic carbocycles. The van der Waals surface area contributed by atoms with E-state index < -0.39 is 5.97 Å². The summed E-state index contributed by atoms with van der Waals surface area (Å²) in [5, 5.41) is 9.03. The Morgan fingerprint density at radius 3 is 1.57 bits per heavy atom. The highest BCUT2D eigenvalue weighted by Gasteiger charge is 2.13. The summed E-state index contributed by atoms with van der Waals surface area (Å²) in [4.78, 5) is 11.0. The molecule has 0 saturated carbocycles. The van der Waals surface area contributed by atoms with E-state index in [0.29, 0.717) is 0 Å². The first kappa shape index (κ1) is 24.7. The second kappa shape index (κ2) is 17.8. The quantitative estimate of drug-likeness (QED) is 0.242. The van der Waals surface area contributed by atoms with Gasteiger partial charge in [0, 0.05) is 0 Å². The van der Waals surface area contributed by atoms with Crippen LogP contribution in [0.15, 0.2) is 30.3 Å². The van der Waals surface area contributed by atoms with Crippen molar-refractivity contribution in [2.24, 2.45) is 5.92 Å². The van der Waals surface area contributed by atoms with Crippen LogP contribution in [0.5, 0.6) is 0 Å². The largest absolute Gasteiger partial charge is 0.481 e. The van der Waals surface area contributed by atoms with Gasteiger partial charge in [-0.25, -0.2) is 0 Å². The standard InChI is InChI=1S/C26H44O2/c1-2-25(26(27)28)23-19-14-12-10-8-6-4-3-5-7-9-11-13-16-20-24-21-17-15-18-22-24/h15,17-18,21-22,25H,2-14,16,19-20,23H2,1H3,(H,27,28). The third-order valence-electron chi connectivity index (χ3n) is 5.95. The van der Waals surface area contributed by atoms with Crippen molar-refractivity contribution in [3.05, 3.63) is 35.9 Å². The summed E-state index contributed by atoms with van der Waals surface area (Å²) in [6.45, 7) is 1.98. The molecule has 1 rings (SSSR count). The molecule has 1 unspecified atom stereocenters. The number of hydrogen-bond acceptors (Lipinski definition) is 1. The second-order valence-corrected chi connectivity index (χ2v) is 8.42. The Labute approximate surface area is 174 Å². The molecule has 28 heavy (non-hydrogen) atoms. The molecule has 0 aliphatic heterocycles. The van der Waals surface area contributed by atoms with Crippen molar-refractivity contribution in [3.63, 3.8) is 0 Å². The molecule has 160 valence electrons. The lowest BCUT2D eigenvalue weighted by Gasteiger charge is -2.08. The molecule has 1 atom stereocenters. The van der Waals surface area contributed by atoms with Crippen LogP contribution in [0.1, 0.15) is 115 Å². The molecule has 2 heteroatoms. The minimum Gasteiger partial charge on any atom is -0.481 e. The van der Waals surface area contributed by atoms with E-state index >= 15 is 0 Å². The third-order valence-corrected chi connectivity index (χ3v) is 5.95. The molecule has 0 amide bonds. The summed E-state index contributed by atoms with van der Waals surface area (Å²) in [5.41, 5.74) is 1.48. The number of hydrogen-bond donors (Lipinski definition) is 1. The predicted molar refractivity (Wildman–Crippen MR) is 121 cm³/mol. The van der Waals surface area contributed by atoms with E-state index in [0.717, 1.165) is 19.3 Å². The van der Waals surface area contributed by atoms with Crippen molar-refractivity contribution in [2.45, 2.75) is 116 Å². The molecule has 1 N–H and O–H groups in total. The molecule has 0 fully saturated rings. The van der Waals surface area contributed by atoms with Crippen LogP contribution in [0, 0.1) is 5.92 Å². The van der Waals surface area contributed by atoms with Crippen molar-refractivity contribution in [1.29, 1.82) is 0 Å². The van der Waals surface area contributed by atoms with Crippen LogP contribution in [-0.4, -0.2) is 11.1 Å². The van der Waals surface area contributed by atoms with Crippen molar-refractivity contribution in [1.82, 2.24) is 0 Å². The topological polar surface area (TPSA) is 37.3 Å². The lowest BCUT2D eigenvalue weighted by molar-refractivity contribution is -0.142.